The van der Waals surface area contributed by atoms with Gasteiger partial charge in [0.25, 0.3) is 0 Å². The predicted octanol–water partition coefficient (Wildman–Crippen LogP) is 3.08. The molecule has 3 rings (SSSR count). The fourth-order valence-corrected chi connectivity index (χ4v) is 3.12. The van der Waals surface area contributed by atoms with E-state index in [2.05, 4.69) is 4.98 Å². The zero-order valence-electron chi connectivity index (χ0n) is 11.0. The lowest BCUT2D eigenvalue weighted by Gasteiger charge is -2.04. The third-order valence-corrected chi connectivity index (χ3v) is 4.04. The number of thiazole rings is 1. The summed E-state index contributed by atoms with van der Waals surface area (Å²) in [6, 6.07) is 7.67. The number of aromatic carboxylic acids is 1. The second-order valence-electron chi connectivity index (χ2n) is 4.32. The van der Waals surface area contributed by atoms with Gasteiger partial charge in [0.1, 0.15) is 5.75 Å². The molecule has 0 bridgehead atoms. The minimum Gasteiger partial charge on any atom is -0.497 e. The molecule has 1 N–H and O–H groups in total. The van der Waals surface area contributed by atoms with Crippen LogP contribution in [-0.2, 0) is 0 Å². The van der Waals surface area contributed by atoms with Crippen molar-refractivity contribution < 1.29 is 14.6 Å². The van der Waals surface area contributed by atoms with Crippen LogP contribution in [0.3, 0.4) is 0 Å². The highest BCUT2D eigenvalue weighted by Crippen LogP contribution is 2.32. The molecule has 0 aliphatic heterocycles. The Morgan fingerprint density at radius 3 is 2.65 bits per heavy atom. The fourth-order valence-electron chi connectivity index (χ4n) is 2.14. The van der Waals surface area contributed by atoms with E-state index in [0.717, 1.165) is 21.9 Å². The van der Waals surface area contributed by atoms with Gasteiger partial charge in [0.2, 0.25) is 0 Å². The maximum Gasteiger partial charge on any atom is 0.356 e. The van der Waals surface area contributed by atoms with E-state index >= 15 is 0 Å². The summed E-state index contributed by atoms with van der Waals surface area (Å²) in [5.41, 5.74) is 2.03. The number of hydrogen-bond donors (Lipinski definition) is 1. The van der Waals surface area contributed by atoms with Crippen LogP contribution >= 0.6 is 11.3 Å². The van der Waals surface area contributed by atoms with Gasteiger partial charge >= 0.3 is 5.97 Å². The number of benzene rings is 1. The number of fused-ring (bicyclic) bond motifs is 1. The summed E-state index contributed by atoms with van der Waals surface area (Å²) in [6.07, 6.45) is 1.56. The monoisotopic (exact) mass is 288 g/mol. The Bertz CT molecular complexity index is 787. The van der Waals surface area contributed by atoms with Crippen LogP contribution in [0.15, 0.2) is 30.5 Å². The molecule has 0 unspecified atom stereocenters. The average molecular weight is 288 g/mol. The van der Waals surface area contributed by atoms with Gasteiger partial charge in [-0.15, -0.1) is 11.3 Å². The van der Waals surface area contributed by atoms with E-state index in [1.54, 1.807) is 13.3 Å². The van der Waals surface area contributed by atoms with Crippen molar-refractivity contribution in [2.45, 2.75) is 6.92 Å². The minimum absolute atomic E-state index is 0.0611. The maximum absolute atomic E-state index is 11.0. The van der Waals surface area contributed by atoms with Gasteiger partial charge in [0.05, 0.1) is 12.8 Å². The number of ether oxygens (including phenoxy) is 1. The molecule has 0 spiro atoms. The number of nitrogens with zero attached hydrogens (tertiary/aromatic N) is 2. The topological polar surface area (TPSA) is 63.8 Å². The molecule has 0 atom stereocenters. The van der Waals surface area contributed by atoms with E-state index in [0.29, 0.717) is 4.96 Å². The summed E-state index contributed by atoms with van der Waals surface area (Å²) in [6.45, 7) is 2.00. The van der Waals surface area contributed by atoms with Crippen molar-refractivity contribution in [3.63, 3.8) is 0 Å². The molecule has 0 fully saturated rings. The number of rotatable bonds is 3. The Labute approximate surface area is 119 Å². The minimum atomic E-state index is -1.01. The zero-order valence-corrected chi connectivity index (χ0v) is 11.8. The quantitative estimate of drug-likeness (QED) is 0.804. The Hall–Kier alpha value is -2.34. The van der Waals surface area contributed by atoms with E-state index in [4.69, 9.17) is 9.84 Å². The third kappa shape index (κ3) is 1.94. The number of carboxylic acid groups (broad SMARTS) is 1. The molecular weight excluding hydrogens is 276 g/mol. The Kier molecular flexibility index (Phi) is 2.94. The molecule has 2 heterocycles. The summed E-state index contributed by atoms with van der Waals surface area (Å²) in [7, 11) is 1.62. The molecule has 2 aromatic heterocycles. The first kappa shape index (κ1) is 12.7. The van der Waals surface area contributed by atoms with Crippen LogP contribution in [-0.4, -0.2) is 27.6 Å². The largest absolute Gasteiger partial charge is 0.497 e. The van der Waals surface area contributed by atoms with Crippen LogP contribution in [0.5, 0.6) is 5.75 Å². The smallest absolute Gasteiger partial charge is 0.356 e. The highest BCUT2D eigenvalue weighted by Gasteiger charge is 2.16. The molecular formula is C14H12N2O3S. The number of aromatic nitrogens is 2. The van der Waals surface area contributed by atoms with Gasteiger partial charge in [-0.2, -0.15) is 0 Å². The van der Waals surface area contributed by atoms with Crippen LogP contribution in [0, 0.1) is 6.92 Å². The van der Waals surface area contributed by atoms with Crippen molar-refractivity contribution >= 4 is 22.3 Å². The number of hydrogen-bond acceptors (Lipinski definition) is 4. The molecule has 0 amide bonds. The van der Waals surface area contributed by atoms with Crippen LogP contribution in [0.2, 0.25) is 0 Å². The summed E-state index contributed by atoms with van der Waals surface area (Å²) in [4.78, 5) is 16.9. The lowest BCUT2D eigenvalue weighted by atomic mass is 10.1. The molecule has 0 aliphatic carbocycles. The maximum atomic E-state index is 11.0. The standard InChI is InChI=1S/C14H12N2O3S/c1-8-12(9-3-5-10(19-2)6-4-9)16-7-11(13(17)18)15-14(16)20-8/h3-7H,1-2H3,(H,17,18). The first-order valence-electron chi connectivity index (χ1n) is 5.96. The lowest BCUT2D eigenvalue weighted by molar-refractivity contribution is 0.0691. The first-order valence-corrected chi connectivity index (χ1v) is 6.78. The average Bonchev–Trinajstić information content (AvgIpc) is 2.95. The van der Waals surface area contributed by atoms with E-state index in [9.17, 15) is 4.79 Å². The van der Waals surface area contributed by atoms with E-state index in [1.165, 1.54) is 11.3 Å². The number of aryl methyl sites for hydroxylation is 1. The highest BCUT2D eigenvalue weighted by atomic mass is 32.1. The van der Waals surface area contributed by atoms with Gasteiger partial charge < -0.3 is 9.84 Å². The second-order valence-corrected chi connectivity index (χ2v) is 5.50. The van der Waals surface area contributed by atoms with Gasteiger partial charge in [-0.25, -0.2) is 9.78 Å². The zero-order chi connectivity index (χ0) is 14.3. The fraction of sp³-hybridized carbons (Fsp3) is 0.143. The van der Waals surface area contributed by atoms with E-state index in [1.807, 2.05) is 35.6 Å². The van der Waals surface area contributed by atoms with Crippen molar-refractivity contribution in [1.29, 1.82) is 0 Å². The number of carbonyl (C=O) groups is 1. The number of imidazole rings is 1. The summed E-state index contributed by atoms with van der Waals surface area (Å²) in [5, 5.41) is 9.02. The van der Waals surface area contributed by atoms with Crippen LogP contribution in [0.1, 0.15) is 15.4 Å². The van der Waals surface area contributed by atoms with Crippen LogP contribution in [0.4, 0.5) is 0 Å². The lowest BCUT2D eigenvalue weighted by Crippen LogP contribution is -1.95. The second kappa shape index (κ2) is 4.64. The summed E-state index contributed by atoms with van der Waals surface area (Å²) < 4.78 is 6.97. The SMILES string of the molecule is COc1ccc(-c2c(C)sc3nc(C(=O)O)cn23)cc1. The molecule has 0 saturated heterocycles. The van der Waals surface area contributed by atoms with E-state index in [-0.39, 0.29) is 5.69 Å². The Balaban J connectivity index is 2.17. The molecule has 0 radical (unpaired) electrons. The van der Waals surface area contributed by atoms with Crippen LogP contribution < -0.4 is 4.74 Å². The molecule has 5 nitrogen and oxygen atoms in total. The summed E-state index contributed by atoms with van der Waals surface area (Å²) >= 11 is 1.48. The number of carboxylic acids is 1. The van der Waals surface area contributed by atoms with Gasteiger partial charge in [-0.1, -0.05) is 0 Å². The van der Waals surface area contributed by atoms with Crippen LogP contribution in [0.25, 0.3) is 16.2 Å². The highest BCUT2D eigenvalue weighted by molar-refractivity contribution is 7.17. The number of methoxy groups -OCH3 is 1. The van der Waals surface area contributed by atoms with Crippen molar-refractivity contribution in [3.8, 4) is 17.0 Å². The molecule has 0 aliphatic rings. The molecule has 1 aromatic carbocycles. The Morgan fingerprint density at radius 1 is 1.35 bits per heavy atom. The van der Waals surface area contributed by atoms with Crippen molar-refractivity contribution in [2.75, 3.05) is 7.11 Å². The van der Waals surface area contributed by atoms with Gasteiger partial charge in [0, 0.05) is 11.1 Å². The van der Waals surface area contributed by atoms with Crippen molar-refractivity contribution in [2.24, 2.45) is 0 Å². The van der Waals surface area contributed by atoms with Gasteiger partial charge in [-0.3, -0.25) is 4.40 Å². The molecule has 20 heavy (non-hydrogen) atoms. The van der Waals surface area contributed by atoms with Gasteiger partial charge in [-0.05, 0) is 36.8 Å². The first-order chi connectivity index (χ1) is 9.60. The normalized spacial score (nSPS) is 10.9. The van der Waals surface area contributed by atoms with Gasteiger partial charge in [0.15, 0.2) is 10.7 Å². The molecule has 0 saturated carbocycles. The molecule has 3 aromatic rings. The third-order valence-electron chi connectivity index (χ3n) is 3.07. The van der Waals surface area contributed by atoms with E-state index < -0.39 is 5.97 Å². The Morgan fingerprint density at radius 2 is 2.05 bits per heavy atom. The molecule has 6 heteroatoms. The van der Waals surface area contributed by atoms with Crippen molar-refractivity contribution in [1.82, 2.24) is 9.38 Å². The molecule has 102 valence electrons. The summed E-state index contributed by atoms with van der Waals surface area (Å²) in [5.74, 6) is -0.228. The predicted molar refractivity (Wildman–Crippen MR) is 76.8 cm³/mol. The van der Waals surface area contributed by atoms with Crippen molar-refractivity contribution in [3.05, 3.63) is 41.0 Å².